The lowest BCUT2D eigenvalue weighted by atomic mass is 10.1. The molecule has 0 saturated carbocycles. The molecule has 1 aromatic carbocycles. The van der Waals surface area contributed by atoms with E-state index in [4.69, 9.17) is 22.9 Å². The van der Waals surface area contributed by atoms with Gasteiger partial charge in [-0.2, -0.15) is 0 Å². The molecular formula is C22H34N8O7. The van der Waals surface area contributed by atoms with Crippen LogP contribution < -0.4 is 38.9 Å². The highest BCUT2D eigenvalue weighted by molar-refractivity contribution is 5.92. The smallest absolute Gasteiger partial charge is 0.326 e. The van der Waals surface area contributed by atoms with Crippen LogP contribution >= 0.6 is 0 Å². The predicted octanol–water partition coefficient (Wildman–Crippen LogP) is -3.25. The van der Waals surface area contributed by atoms with Crippen molar-refractivity contribution in [2.24, 2.45) is 27.9 Å². The molecule has 0 aromatic heterocycles. The minimum absolute atomic E-state index is 0.0465. The van der Waals surface area contributed by atoms with E-state index in [-0.39, 0.29) is 50.4 Å². The standard InChI is InChI=1S/C22H34N8O7/c23-14(10-12-3-5-13(31)6-4-12)19(34)28-11-18(33)29-15(2-1-9-27-22(25)26)20(35)30-16(21(36)37)7-8-17(24)32/h3-6,14-16,31H,1-2,7-11,23H2,(H2,24,32)(H,28,34)(H,29,33)(H,30,35)(H,36,37)(H4,25,26,27). The number of aromatic hydroxyl groups is 1. The van der Waals surface area contributed by atoms with Crippen molar-refractivity contribution < 1.29 is 34.2 Å². The van der Waals surface area contributed by atoms with E-state index < -0.39 is 54.3 Å². The van der Waals surface area contributed by atoms with Gasteiger partial charge in [0.05, 0.1) is 12.6 Å². The lowest BCUT2D eigenvalue weighted by molar-refractivity contribution is -0.142. The minimum atomic E-state index is -1.41. The lowest BCUT2D eigenvalue weighted by Gasteiger charge is -2.21. The fourth-order valence-electron chi connectivity index (χ4n) is 3.11. The molecule has 1 aromatic rings. The van der Waals surface area contributed by atoms with Crippen molar-refractivity contribution in [1.82, 2.24) is 16.0 Å². The Morgan fingerprint density at radius 1 is 0.919 bits per heavy atom. The average molecular weight is 523 g/mol. The van der Waals surface area contributed by atoms with Gasteiger partial charge in [0, 0.05) is 13.0 Å². The number of phenolic OH excluding ortho intramolecular Hbond substituents is 1. The van der Waals surface area contributed by atoms with Crippen molar-refractivity contribution in [3.05, 3.63) is 29.8 Å². The number of carboxylic acids is 1. The van der Waals surface area contributed by atoms with Gasteiger partial charge in [-0.3, -0.25) is 24.2 Å². The number of guanidine groups is 1. The van der Waals surface area contributed by atoms with Crippen LogP contribution in [0, 0.1) is 0 Å². The van der Waals surface area contributed by atoms with E-state index in [9.17, 15) is 34.2 Å². The number of aliphatic imine (C=N–C) groups is 1. The highest BCUT2D eigenvalue weighted by Gasteiger charge is 2.27. The first kappa shape index (κ1) is 30.6. The fourth-order valence-corrected chi connectivity index (χ4v) is 3.11. The van der Waals surface area contributed by atoms with Crippen LogP contribution in [0.3, 0.4) is 0 Å². The summed E-state index contributed by atoms with van der Waals surface area (Å²) in [6, 6.07) is 2.55. The molecule has 37 heavy (non-hydrogen) atoms. The van der Waals surface area contributed by atoms with Crippen molar-refractivity contribution in [3.63, 3.8) is 0 Å². The first-order valence-electron chi connectivity index (χ1n) is 11.4. The molecule has 0 radical (unpaired) electrons. The van der Waals surface area contributed by atoms with Crippen LogP contribution in [0.15, 0.2) is 29.3 Å². The van der Waals surface area contributed by atoms with Gasteiger partial charge in [-0.15, -0.1) is 0 Å². The third-order valence-electron chi connectivity index (χ3n) is 5.04. The number of rotatable bonds is 16. The van der Waals surface area contributed by atoms with E-state index >= 15 is 0 Å². The van der Waals surface area contributed by atoms with E-state index in [0.717, 1.165) is 0 Å². The highest BCUT2D eigenvalue weighted by Crippen LogP contribution is 2.11. The number of primary amides is 1. The van der Waals surface area contributed by atoms with E-state index in [2.05, 4.69) is 20.9 Å². The molecule has 204 valence electrons. The van der Waals surface area contributed by atoms with Gasteiger partial charge in [0.1, 0.15) is 17.8 Å². The number of amides is 4. The van der Waals surface area contributed by atoms with Crippen LogP contribution in [0.2, 0.25) is 0 Å². The number of nitrogens with two attached hydrogens (primary N) is 4. The average Bonchev–Trinajstić information content (AvgIpc) is 2.82. The van der Waals surface area contributed by atoms with Crippen LogP contribution in [0.5, 0.6) is 5.75 Å². The van der Waals surface area contributed by atoms with Gasteiger partial charge < -0.3 is 49.1 Å². The molecule has 0 heterocycles. The summed E-state index contributed by atoms with van der Waals surface area (Å²) in [6.07, 6.45) is -0.0370. The van der Waals surface area contributed by atoms with Crippen LogP contribution in [-0.4, -0.2) is 77.0 Å². The molecule has 0 aliphatic heterocycles. The fraction of sp³-hybridized carbons (Fsp3) is 0.455. The third kappa shape index (κ3) is 12.7. The van der Waals surface area contributed by atoms with Gasteiger partial charge in [-0.1, -0.05) is 12.1 Å². The summed E-state index contributed by atoms with van der Waals surface area (Å²) < 4.78 is 0. The molecule has 15 nitrogen and oxygen atoms in total. The lowest BCUT2D eigenvalue weighted by Crippen LogP contribution is -2.54. The topological polar surface area (TPSA) is 278 Å². The summed E-state index contributed by atoms with van der Waals surface area (Å²) in [7, 11) is 0. The summed E-state index contributed by atoms with van der Waals surface area (Å²) in [5.74, 6) is -4.36. The van der Waals surface area contributed by atoms with Crippen molar-refractivity contribution >= 4 is 35.6 Å². The van der Waals surface area contributed by atoms with Gasteiger partial charge in [0.15, 0.2) is 5.96 Å². The molecule has 0 spiro atoms. The second-order valence-corrected chi connectivity index (χ2v) is 8.17. The number of carbonyl (C=O) groups is 5. The monoisotopic (exact) mass is 522 g/mol. The van der Waals surface area contributed by atoms with Gasteiger partial charge in [-0.05, 0) is 43.4 Å². The molecular weight excluding hydrogens is 488 g/mol. The number of nitrogens with zero attached hydrogens (tertiary/aromatic N) is 1. The van der Waals surface area contributed by atoms with Crippen LogP contribution in [0.25, 0.3) is 0 Å². The quantitative estimate of drug-likeness (QED) is 0.0593. The van der Waals surface area contributed by atoms with Crippen molar-refractivity contribution in [3.8, 4) is 5.75 Å². The Hall–Kier alpha value is -4.40. The molecule has 1 rings (SSSR count). The predicted molar refractivity (Wildman–Crippen MR) is 133 cm³/mol. The largest absolute Gasteiger partial charge is 0.508 e. The van der Waals surface area contributed by atoms with E-state index in [1.54, 1.807) is 12.1 Å². The Morgan fingerprint density at radius 2 is 1.57 bits per heavy atom. The Labute approximate surface area is 213 Å². The van der Waals surface area contributed by atoms with Crippen molar-refractivity contribution in [2.75, 3.05) is 13.1 Å². The molecule has 0 saturated heterocycles. The molecule has 0 bridgehead atoms. The van der Waals surface area contributed by atoms with Crippen molar-refractivity contribution in [1.29, 1.82) is 0 Å². The molecule has 3 atom stereocenters. The number of benzene rings is 1. The number of carboxylic acid groups (broad SMARTS) is 1. The highest BCUT2D eigenvalue weighted by atomic mass is 16.4. The SMILES string of the molecule is NC(=O)CCC(NC(=O)C(CCCN=C(N)N)NC(=O)CNC(=O)C(N)Cc1ccc(O)cc1)C(=O)O. The molecule has 4 amide bonds. The molecule has 13 N–H and O–H groups in total. The Kier molecular flexibility index (Phi) is 12.9. The Morgan fingerprint density at radius 3 is 2.14 bits per heavy atom. The summed E-state index contributed by atoms with van der Waals surface area (Å²) in [4.78, 5) is 63.7. The van der Waals surface area contributed by atoms with E-state index in [1.165, 1.54) is 12.1 Å². The van der Waals surface area contributed by atoms with Crippen molar-refractivity contribution in [2.45, 2.75) is 50.2 Å². The summed E-state index contributed by atoms with van der Waals surface area (Å²) in [5.41, 5.74) is 22.1. The second-order valence-electron chi connectivity index (χ2n) is 8.17. The molecule has 0 aliphatic carbocycles. The van der Waals surface area contributed by atoms with E-state index in [1.807, 2.05) is 0 Å². The van der Waals surface area contributed by atoms with Gasteiger partial charge in [0.25, 0.3) is 0 Å². The van der Waals surface area contributed by atoms with Gasteiger partial charge >= 0.3 is 5.97 Å². The number of nitrogens with one attached hydrogen (secondary N) is 3. The number of phenols is 1. The number of aliphatic carboxylic acids is 1. The normalized spacial score (nSPS) is 12.9. The number of carbonyl (C=O) groups excluding carboxylic acids is 4. The summed E-state index contributed by atoms with van der Waals surface area (Å²) in [6.45, 7) is -0.349. The zero-order valence-electron chi connectivity index (χ0n) is 20.2. The maximum absolute atomic E-state index is 12.7. The Bertz CT molecular complexity index is 980. The number of hydrogen-bond acceptors (Lipinski definition) is 8. The third-order valence-corrected chi connectivity index (χ3v) is 5.04. The zero-order chi connectivity index (χ0) is 28.0. The van der Waals surface area contributed by atoms with E-state index in [0.29, 0.717) is 5.56 Å². The summed E-state index contributed by atoms with van der Waals surface area (Å²) in [5, 5.41) is 25.7. The van der Waals surface area contributed by atoms with Gasteiger partial charge in [0.2, 0.25) is 23.6 Å². The Balaban J connectivity index is 2.73. The maximum Gasteiger partial charge on any atom is 0.326 e. The minimum Gasteiger partial charge on any atom is -0.508 e. The molecule has 0 aliphatic rings. The van der Waals surface area contributed by atoms with Crippen LogP contribution in [0.1, 0.15) is 31.2 Å². The zero-order valence-corrected chi connectivity index (χ0v) is 20.2. The molecule has 0 fully saturated rings. The second kappa shape index (κ2) is 15.6. The van der Waals surface area contributed by atoms with Gasteiger partial charge in [-0.25, -0.2) is 4.79 Å². The number of hydrogen-bond donors (Lipinski definition) is 9. The maximum atomic E-state index is 12.7. The first-order chi connectivity index (χ1) is 17.4. The van der Waals surface area contributed by atoms with Crippen LogP contribution in [-0.2, 0) is 30.4 Å². The van der Waals surface area contributed by atoms with Crippen LogP contribution in [0.4, 0.5) is 0 Å². The molecule has 3 unspecified atom stereocenters. The molecule has 15 heteroatoms. The first-order valence-corrected chi connectivity index (χ1v) is 11.4. The summed E-state index contributed by atoms with van der Waals surface area (Å²) >= 11 is 0.